The van der Waals surface area contributed by atoms with Crippen molar-refractivity contribution in [3.8, 4) is 16.9 Å². The van der Waals surface area contributed by atoms with Gasteiger partial charge >= 0.3 is 5.97 Å². The van der Waals surface area contributed by atoms with Crippen molar-refractivity contribution in [3.05, 3.63) is 118 Å². The van der Waals surface area contributed by atoms with Crippen LogP contribution >= 0.6 is 23.2 Å². The van der Waals surface area contributed by atoms with E-state index in [1.807, 2.05) is 0 Å². The molecular weight excluding hydrogens is 483 g/mol. The van der Waals surface area contributed by atoms with E-state index in [1.54, 1.807) is 24.3 Å². The molecule has 0 atom stereocenters. The Hall–Kier alpha value is -3.74. The highest BCUT2D eigenvalue weighted by Gasteiger charge is 2.20. The van der Waals surface area contributed by atoms with E-state index in [0.29, 0.717) is 15.7 Å². The molecule has 0 radical (unpaired) electrons. The lowest BCUT2D eigenvalue weighted by molar-refractivity contribution is 0.0733. The fourth-order valence-corrected chi connectivity index (χ4v) is 3.49. The average Bonchev–Trinajstić information content (AvgIpc) is 2.81. The van der Waals surface area contributed by atoms with E-state index in [1.165, 1.54) is 48.5 Å². The van der Waals surface area contributed by atoms with Crippen LogP contribution in [0.15, 0.2) is 84.9 Å². The van der Waals surface area contributed by atoms with Gasteiger partial charge in [0.2, 0.25) is 0 Å². The molecule has 8 heteroatoms. The number of anilines is 1. The number of ether oxygens (including phenoxy) is 1. The van der Waals surface area contributed by atoms with E-state index in [0.717, 1.165) is 12.1 Å². The second-order valence-corrected chi connectivity index (χ2v) is 8.01. The van der Waals surface area contributed by atoms with Gasteiger partial charge in [0.15, 0.2) is 0 Å². The van der Waals surface area contributed by atoms with E-state index >= 15 is 0 Å². The molecule has 0 aliphatic rings. The molecule has 4 rings (SSSR count). The van der Waals surface area contributed by atoms with Gasteiger partial charge in [-0.15, -0.1) is 0 Å². The van der Waals surface area contributed by atoms with Gasteiger partial charge in [0.1, 0.15) is 17.4 Å². The first kappa shape index (κ1) is 23.4. The van der Waals surface area contributed by atoms with Crippen LogP contribution in [0.3, 0.4) is 0 Å². The smallest absolute Gasteiger partial charge is 0.343 e. The van der Waals surface area contributed by atoms with Gasteiger partial charge in [0.25, 0.3) is 5.91 Å². The van der Waals surface area contributed by atoms with Crippen molar-refractivity contribution in [1.29, 1.82) is 0 Å². The summed E-state index contributed by atoms with van der Waals surface area (Å²) in [5.41, 5.74) is 0.860. The van der Waals surface area contributed by atoms with Crippen molar-refractivity contribution in [2.45, 2.75) is 0 Å². The van der Waals surface area contributed by atoms with Gasteiger partial charge in [-0.3, -0.25) is 4.79 Å². The van der Waals surface area contributed by atoms with Crippen molar-refractivity contribution in [3.63, 3.8) is 0 Å². The molecule has 0 saturated heterocycles. The second kappa shape index (κ2) is 10.0. The van der Waals surface area contributed by atoms with E-state index in [2.05, 4.69) is 5.32 Å². The van der Waals surface area contributed by atoms with Crippen LogP contribution in [0.2, 0.25) is 10.0 Å². The molecular formula is C26H15Cl2F2NO3. The minimum absolute atomic E-state index is 0.0524. The molecule has 0 saturated carbocycles. The Bertz CT molecular complexity index is 1390. The van der Waals surface area contributed by atoms with Gasteiger partial charge in [-0.25, -0.2) is 13.6 Å². The number of hydrogen-bond acceptors (Lipinski definition) is 3. The standard InChI is InChI=1S/C26H15Cl2F2NO3/c27-17-8-5-15(6-9-17)26(33)34-24-12-7-16(19-11-10-18(29)14-22(19)30)13-20(24)25(32)31-23-4-2-1-3-21(23)28/h1-14H,(H,31,32). The third-order valence-electron chi connectivity index (χ3n) is 4.87. The van der Waals surface area contributed by atoms with Crippen LogP contribution in [0.25, 0.3) is 11.1 Å². The first-order chi connectivity index (χ1) is 16.3. The highest BCUT2D eigenvalue weighted by Crippen LogP contribution is 2.31. The Morgan fingerprint density at radius 2 is 1.56 bits per heavy atom. The zero-order valence-corrected chi connectivity index (χ0v) is 18.8. The van der Waals surface area contributed by atoms with Crippen LogP contribution in [0, 0.1) is 11.6 Å². The van der Waals surface area contributed by atoms with Gasteiger partial charge in [-0.05, 0) is 66.2 Å². The molecule has 1 amide bonds. The number of benzene rings is 4. The summed E-state index contributed by atoms with van der Waals surface area (Å²) < 4.78 is 33.2. The molecule has 4 aromatic rings. The molecule has 0 aromatic heterocycles. The monoisotopic (exact) mass is 497 g/mol. The minimum atomic E-state index is -0.802. The van der Waals surface area contributed by atoms with Crippen molar-refractivity contribution in [1.82, 2.24) is 0 Å². The SMILES string of the molecule is O=C(Oc1ccc(-c2ccc(F)cc2F)cc1C(=O)Nc1ccccc1Cl)c1ccc(Cl)cc1. The third kappa shape index (κ3) is 5.25. The fourth-order valence-electron chi connectivity index (χ4n) is 3.18. The maximum Gasteiger partial charge on any atom is 0.343 e. The average molecular weight is 498 g/mol. The van der Waals surface area contributed by atoms with E-state index in [-0.39, 0.29) is 28.0 Å². The predicted octanol–water partition coefficient (Wildman–Crippen LogP) is 7.41. The summed E-state index contributed by atoms with van der Waals surface area (Å²) in [5, 5.41) is 3.40. The molecule has 0 aliphatic heterocycles. The Kier molecular flexibility index (Phi) is 6.91. The Labute approximate surface area is 203 Å². The number of para-hydroxylation sites is 1. The lowest BCUT2D eigenvalue weighted by atomic mass is 10.0. The van der Waals surface area contributed by atoms with Crippen LogP contribution in [0.4, 0.5) is 14.5 Å². The number of hydrogen-bond donors (Lipinski definition) is 1. The normalized spacial score (nSPS) is 10.6. The Balaban J connectivity index is 1.73. The first-order valence-electron chi connectivity index (χ1n) is 9.95. The molecule has 4 nitrogen and oxygen atoms in total. The Morgan fingerprint density at radius 3 is 2.26 bits per heavy atom. The summed E-state index contributed by atoms with van der Waals surface area (Å²) in [6, 6.07) is 19.9. The van der Waals surface area contributed by atoms with E-state index in [4.69, 9.17) is 27.9 Å². The molecule has 0 unspecified atom stereocenters. The van der Waals surface area contributed by atoms with E-state index in [9.17, 15) is 18.4 Å². The number of nitrogens with one attached hydrogen (secondary N) is 1. The van der Waals surface area contributed by atoms with Crippen LogP contribution in [0.5, 0.6) is 5.75 Å². The van der Waals surface area contributed by atoms with Crippen molar-refractivity contribution in [2.24, 2.45) is 0 Å². The fraction of sp³-hybridized carbons (Fsp3) is 0. The van der Waals surface area contributed by atoms with Crippen molar-refractivity contribution < 1.29 is 23.1 Å². The number of amides is 1. The molecule has 34 heavy (non-hydrogen) atoms. The molecule has 4 aromatic carbocycles. The minimum Gasteiger partial charge on any atom is -0.422 e. The lowest BCUT2D eigenvalue weighted by Gasteiger charge is -2.14. The summed E-state index contributed by atoms with van der Waals surface area (Å²) in [7, 11) is 0. The molecule has 0 heterocycles. The summed E-state index contributed by atoms with van der Waals surface area (Å²) in [4.78, 5) is 25.8. The van der Waals surface area contributed by atoms with Crippen LogP contribution in [-0.4, -0.2) is 11.9 Å². The zero-order valence-electron chi connectivity index (χ0n) is 17.3. The molecule has 0 fully saturated rings. The van der Waals surface area contributed by atoms with Gasteiger partial charge in [-0.1, -0.05) is 41.4 Å². The van der Waals surface area contributed by atoms with E-state index < -0.39 is 23.5 Å². The third-order valence-corrected chi connectivity index (χ3v) is 5.45. The number of rotatable bonds is 5. The largest absolute Gasteiger partial charge is 0.422 e. The summed E-state index contributed by atoms with van der Waals surface area (Å²) in [5.74, 6) is -2.95. The second-order valence-electron chi connectivity index (χ2n) is 7.17. The number of halogens is 4. The Morgan fingerprint density at radius 1 is 0.824 bits per heavy atom. The molecule has 0 aliphatic carbocycles. The van der Waals surface area contributed by atoms with Crippen molar-refractivity contribution in [2.75, 3.05) is 5.32 Å². The summed E-state index contributed by atoms with van der Waals surface area (Å²) in [6.45, 7) is 0. The van der Waals surface area contributed by atoms with Crippen LogP contribution < -0.4 is 10.1 Å². The molecule has 170 valence electrons. The lowest BCUT2D eigenvalue weighted by Crippen LogP contribution is -2.16. The van der Waals surface area contributed by atoms with Gasteiger partial charge in [-0.2, -0.15) is 0 Å². The van der Waals surface area contributed by atoms with Gasteiger partial charge in [0.05, 0.1) is 21.8 Å². The van der Waals surface area contributed by atoms with Gasteiger partial charge in [0, 0.05) is 16.7 Å². The highest BCUT2D eigenvalue weighted by atomic mass is 35.5. The number of carbonyl (C=O) groups excluding carboxylic acids is 2. The summed E-state index contributed by atoms with van der Waals surface area (Å²) in [6.07, 6.45) is 0. The quantitative estimate of drug-likeness (QED) is 0.230. The molecule has 1 N–H and O–H groups in total. The number of carbonyl (C=O) groups is 2. The highest BCUT2D eigenvalue weighted by molar-refractivity contribution is 6.34. The first-order valence-corrected chi connectivity index (χ1v) is 10.7. The van der Waals surface area contributed by atoms with Crippen LogP contribution in [-0.2, 0) is 0 Å². The molecule has 0 bridgehead atoms. The topological polar surface area (TPSA) is 55.4 Å². The summed E-state index contributed by atoms with van der Waals surface area (Å²) >= 11 is 12.0. The maximum atomic E-state index is 14.4. The van der Waals surface area contributed by atoms with Crippen LogP contribution in [0.1, 0.15) is 20.7 Å². The van der Waals surface area contributed by atoms with Crippen molar-refractivity contribution >= 4 is 40.8 Å². The number of esters is 1. The predicted molar refractivity (Wildman–Crippen MR) is 128 cm³/mol. The maximum absolute atomic E-state index is 14.4. The van der Waals surface area contributed by atoms with Gasteiger partial charge < -0.3 is 10.1 Å². The zero-order chi connectivity index (χ0) is 24.2. The molecule has 0 spiro atoms.